The summed E-state index contributed by atoms with van der Waals surface area (Å²) >= 11 is 1.15. The lowest BCUT2D eigenvalue weighted by molar-refractivity contribution is -0.193. The highest BCUT2D eigenvalue weighted by Gasteiger charge is 2.49. The number of carbonyl (C=O) groups excluding carboxylic acids is 18. The Hall–Kier alpha value is -8.97. The molecule has 7 rings (SSSR count). The monoisotopic (exact) mass is 1340 g/mol. The maximum Gasteiger partial charge on any atom is 0.373 e. The fraction of sp³-hybridized carbons (Fsp3) is 0.690. The lowest BCUT2D eigenvalue weighted by Gasteiger charge is -2.29. The van der Waals surface area contributed by atoms with Gasteiger partial charge in [0, 0.05) is 52.9 Å². The second kappa shape index (κ2) is 33.0. The number of hydrogen-bond acceptors (Lipinski definition) is 21. The Morgan fingerprint density at radius 1 is 0.409 bits per heavy atom. The summed E-state index contributed by atoms with van der Waals surface area (Å²) in [7, 11) is 2.95. The highest BCUT2D eigenvalue weighted by Crippen LogP contribution is 2.34. The number of carbonyl (C=O) groups is 14. The summed E-state index contributed by atoms with van der Waals surface area (Å²) in [4.78, 5) is 222. The number of imide groups is 8. The number of nitrogens with one attached hydrogen (secondary N) is 5. The molecule has 7 heterocycles. The molecule has 6 saturated heterocycles. The molecule has 6 aliphatic rings. The molecule has 4 atom stereocenters. The first-order chi connectivity index (χ1) is 41.7. The van der Waals surface area contributed by atoms with E-state index in [1.807, 2.05) is 102 Å². The number of rotatable bonds is 2. The van der Waals surface area contributed by atoms with Crippen molar-refractivity contribution in [3.63, 3.8) is 0 Å². The molecule has 0 aromatic carbocycles. The molecular formula is C58H94N14O20S. The Labute approximate surface area is 544 Å². The van der Waals surface area contributed by atoms with E-state index in [0.717, 1.165) is 37.4 Å². The predicted octanol–water partition coefficient (Wildman–Crippen LogP) is 3.69. The van der Waals surface area contributed by atoms with E-state index >= 15 is 0 Å². The van der Waals surface area contributed by atoms with Crippen LogP contribution in [0, 0.1) is 0 Å². The summed E-state index contributed by atoms with van der Waals surface area (Å²) in [5, 5.41) is 11.3. The zero-order chi connectivity index (χ0) is 74.3. The van der Waals surface area contributed by atoms with Crippen LogP contribution in [0.1, 0.15) is 186 Å². The van der Waals surface area contributed by atoms with Crippen molar-refractivity contribution in [2.45, 2.75) is 248 Å². The average Bonchev–Trinajstić information content (AvgIpc) is 1.68. The minimum atomic E-state index is -0.852. The van der Waals surface area contributed by atoms with Crippen molar-refractivity contribution in [3.8, 4) is 0 Å². The maximum absolute atomic E-state index is 11.7. The van der Waals surface area contributed by atoms with Gasteiger partial charge < -0.3 is 15.5 Å². The fourth-order valence-electron chi connectivity index (χ4n) is 8.48. The molecule has 6 fully saturated rings. The second-order valence-corrected chi connectivity index (χ2v) is 29.0. The van der Waals surface area contributed by atoms with E-state index in [0.29, 0.717) is 6.42 Å². The quantitative estimate of drug-likeness (QED) is 0.208. The van der Waals surface area contributed by atoms with E-state index in [4.69, 9.17) is 19.2 Å². The van der Waals surface area contributed by atoms with Crippen LogP contribution in [0.5, 0.6) is 0 Å². The van der Waals surface area contributed by atoms with Gasteiger partial charge in [0.15, 0.2) is 0 Å². The SMILES string of the molecule is CC(C)(C)N1C(=O)NC(=O)C1=O.CC(C)(C)n1c(=O)[nH][nH]c1=O.CC1C(=O)N(C(C)(C)C)C(=O)N1C.CC1NC(=O)N(C(C)(C)C)C1=O.CCC1NC(=O)N(C(C)(C)C)C1=O.CCC1SC(=O)N(C(C)(C)C)C1=O.CN1C(=O)C(=O)N(C(C)(C)C)C1=O.O=C=O.O=C=O. The van der Waals surface area contributed by atoms with Crippen molar-refractivity contribution in [1.29, 1.82) is 0 Å². The number of urea groups is 5. The molecule has 6 aliphatic heterocycles. The smallest absolute Gasteiger partial charge is 0.326 e. The van der Waals surface area contributed by atoms with Gasteiger partial charge in [0.05, 0.1) is 5.25 Å². The van der Waals surface area contributed by atoms with Crippen molar-refractivity contribution < 1.29 is 86.3 Å². The van der Waals surface area contributed by atoms with Crippen LogP contribution < -0.4 is 27.3 Å². The Bertz CT molecular complexity index is 3070. The van der Waals surface area contributed by atoms with Crippen molar-refractivity contribution in [3.05, 3.63) is 21.0 Å². The zero-order valence-corrected chi connectivity index (χ0v) is 59.1. The molecule has 1 aromatic heterocycles. The second-order valence-electron chi connectivity index (χ2n) is 27.9. The molecule has 34 nitrogen and oxygen atoms in total. The van der Waals surface area contributed by atoms with E-state index in [-0.39, 0.29) is 88.2 Å². The highest BCUT2D eigenvalue weighted by molar-refractivity contribution is 8.15. The molecule has 522 valence electrons. The number of H-pyrrole nitrogens is 2. The van der Waals surface area contributed by atoms with E-state index in [9.17, 15) is 76.7 Å². The zero-order valence-electron chi connectivity index (χ0n) is 58.3. The van der Waals surface area contributed by atoms with E-state index in [1.54, 1.807) is 83.2 Å². The Kier molecular flexibility index (Phi) is 30.6. The third-order valence-corrected chi connectivity index (χ3v) is 14.1. The van der Waals surface area contributed by atoms with Crippen LogP contribution in [0.3, 0.4) is 0 Å². The summed E-state index contributed by atoms with van der Waals surface area (Å²) < 4.78 is 1.13. The minimum absolute atomic E-state index is 0.0370. The summed E-state index contributed by atoms with van der Waals surface area (Å²) in [5.41, 5.74) is -4.22. The molecule has 0 saturated carbocycles. The van der Waals surface area contributed by atoms with E-state index in [2.05, 4.69) is 20.8 Å². The van der Waals surface area contributed by atoms with Crippen LogP contribution in [-0.2, 0) is 63.1 Å². The molecular weight excluding hydrogens is 1240 g/mol. The first-order valence-corrected chi connectivity index (χ1v) is 29.8. The summed E-state index contributed by atoms with van der Waals surface area (Å²) in [6, 6.07) is -3.00. The fourth-order valence-corrected chi connectivity index (χ4v) is 9.56. The molecule has 0 bridgehead atoms. The Morgan fingerprint density at radius 2 is 0.785 bits per heavy atom. The summed E-state index contributed by atoms with van der Waals surface area (Å²) in [6.45, 7) is 45.0. The first kappa shape index (κ1) is 86.1. The van der Waals surface area contributed by atoms with Crippen LogP contribution in [-0.4, -0.2) is 220 Å². The van der Waals surface area contributed by atoms with E-state index in [1.165, 1.54) is 31.5 Å². The number of likely N-dealkylation sites (N-methyl/N-ethyl adjacent to an activating group) is 2. The van der Waals surface area contributed by atoms with Crippen molar-refractivity contribution in [2.24, 2.45) is 0 Å². The van der Waals surface area contributed by atoms with E-state index < -0.39 is 80.3 Å². The van der Waals surface area contributed by atoms with Gasteiger partial charge in [-0.3, -0.25) is 82.8 Å². The van der Waals surface area contributed by atoms with Crippen molar-refractivity contribution in [1.82, 2.24) is 69.9 Å². The average molecular weight is 1340 g/mol. The molecule has 5 N–H and O–H groups in total. The van der Waals surface area contributed by atoms with Gasteiger partial charge in [0.25, 0.3) is 23.0 Å². The standard InChI is InChI=1S/2C9H16N2O2.C9H15NO2S.C8H12N2O3.C8H14N2O2.C7H10N2O3.C6H11N3O2.2CO2/c1-6-7(12)11(9(2,3)4)8(13)10(6)5;1-5-6-7(12)11(8(13)10-6)9(2,3)4;1-5-6-7(11)10(8(12)13-6)9(2,3)4;1-8(2,3)10-6(12)5(11)9(4)7(10)13;1-5-6(11)10(7(12)9-5)8(2,3)4;1-7(2,3)9-5(11)4(10)8-6(9)12;1-6(2,3)9-4(10)7-8-5(9)11;2*2-1-3/h6H,1-5H3;6H,5H2,1-4H3,(H,10,13);6H,5H2,1-4H3;1-4H3;5H,1-4H3,(H,9,12);1-3H3,(H,8,10,12);1-3H3,(H,7,10)(H,8,11);;. The lowest BCUT2D eigenvalue weighted by Crippen LogP contribution is -2.46. The third-order valence-electron chi connectivity index (χ3n) is 12.9. The van der Waals surface area contributed by atoms with Crippen LogP contribution in [0.2, 0.25) is 0 Å². The third kappa shape index (κ3) is 23.0. The Balaban J connectivity index is 0. The molecule has 0 radical (unpaired) electrons. The molecule has 93 heavy (non-hydrogen) atoms. The van der Waals surface area contributed by atoms with Crippen LogP contribution in [0.4, 0.5) is 28.8 Å². The van der Waals surface area contributed by atoms with Crippen molar-refractivity contribution >= 4 is 107 Å². The minimum Gasteiger partial charge on any atom is -0.326 e. The first-order valence-electron chi connectivity index (χ1n) is 28.9. The Morgan fingerprint density at radius 3 is 0.957 bits per heavy atom. The van der Waals surface area contributed by atoms with Gasteiger partial charge in [-0.2, -0.15) is 19.2 Å². The number of thioether (sulfide) groups is 1. The van der Waals surface area contributed by atoms with Crippen LogP contribution >= 0.6 is 11.8 Å². The molecule has 1 aromatic rings. The lowest BCUT2D eigenvalue weighted by atomic mass is 10.1. The number of aromatic amines is 2. The number of amides is 19. The molecule has 35 heteroatoms. The molecule has 0 aliphatic carbocycles. The van der Waals surface area contributed by atoms with Crippen LogP contribution in [0.15, 0.2) is 9.59 Å². The normalized spacial score (nSPS) is 19.9. The van der Waals surface area contributed by atoms with Crippen LogP contribution in [0.25, 0.3) is 0 Å². The largest absolute Gasteiger partial charge is 0.373 e. The number of hydrogen-bond donors (Lipinski definition) is 5. The highest BCUT2D eigenvalue weighted by atomic mass is 32.2. The van der Waals surface area contributed by atoms with Gasteiger partial charge >= 0.3 is 77.5 Å². The molecule has 19 amide bonds. The van der Waals surface area contributed by atoms with Gasteiger partial charge in [-0.1, -0.05) is 25.6 Å². The summed E-state index contributed by atoms with van der Waals surface area (Å²) in [5.74, 6) is -3.56. The molecule has 0 spiro atoms. The summed E-state index contributed by atoms with van der Waals surface area (Å²) in [6.07, 6.45) is 1.87. The van der Waals surface area contributed by atoms with Gasteiger partial charge in [0.1, 0.15) is 18.1 Å². The number of nitrogens with zero attached hydrogens (tertiary/aromatic N) is 9. The molecule has 4 unspecified atom stereocenters. The number of aromatic nitrogens is 3. The van der Waals surface area contributed by atoms with Gasteiger partial charge in [-0.25, -0.2) is 48.3 Å². The topological polar surface area (TPSA) is 440 Å². The predicted molar refractivity (Wildman–Crippen MR) is 332 cm³/mol. The maximum atomic E-state index is 11.7. The van der Waals surface area contributed by atoms with Gasteiger partial charge in [-0.05, 0) is 172 Å². The van der Waals surface area contributed by atoms with Crippen molar-refractivity contribution in [2.75, 3.05) is 14.1 Å². The van der Waals surface area contributed by atoms with Gasteiger partial charge in [-0.15, -0.1) is 0 Å². The van der Waals surface area contributed by atoms with Gasteiger partial charge in [0.2, 0.25) is 5.91 Å².